The van der Waals surface area contributed by atoms with Crippen molar-refractivity contribution >= 4 is 22.2 Å². The van der Waals surface area contributed by atoms with E-state index in [9.17, 15) is 4.79 Å². The first-order valence-corrected chi connectivity index (χ1v) is 11.4. The van der Waals surface area contributed by atoms with E-state index in [2.05, 4.69) is 48.2 Å². The van der Waals surface area contributed by atoms with E-state index in [0.29, 0.717) is 0 Å². The monoisotopic (exact) mass is 401 g/mol. The normalized spacial score (nSPS) is 15.4. The SMILES string of the molecule is CC.CC/C=C(\c1ccccc1)c1cc(=O)oc2c3c4c(cc12)CCCN4CCC3. The van der Waals surface area contributed by atoms with Crippen LogP contribution in [-0.4, -0.2) is 13.1 Å². The Labute approximate surface area is 179 Å². The Hall–Kier alpha value is -2.81. The summed E-state index contributed by atoms with van der Waals surface area (Å²) in [7, 11) is 0. The van der Waals surface area contributed by atoms with E-state index in [-0.39, 0.29) is 5.63 Å². The molecule has 2 aliphatic heterocycles. The average Bonchev–Trinajstić information content (AvgIpc) is 2.80. The maximum Gasteiger partial charge on any atom is 0.336 e. The van der Waals surface area contributed by atoms with Crippen LogP contribution in [0.2, 0.25) is 0 Å². The smallest absolute Gasteiger partial charge is 0.336 e. The molecule has 2 aromatic carbocycles. The first kappa shape index (κ1) is 20.5. The van der Waals surface area contributed by atoms with Crippen LogP contribution in [0.4, 0.5) is 5.69 Å². The second-order valence-electron chi connectivity index (χ2n) is 7.80. The Morgan fingerprint density at radius 1 is 1.07 bits per heavy atom. The van der Waals surface area contributed by atoms with Crippen molar-refractivity contribution in [1.29, 1.82) is 0 Å². The number of benzene rings is 2. The van der Waals surface area contributed by atoms with Crippen LogP contribution in [0.5, 0.6) is 0 Å². The number of hydrogen-bond acceptors (Lipinski definition) is 3. The zero-order valence-electron chi connectivity index (χ0n) is 18.3. The summed E-state index contributed by atoms with van der Waals surface area (Å²) in [6.45, 7) is 8.36. The molecule has 3 aromatic rings. The average molecular weight is 402 g/mol. The number of allylic oxidation sites excluding steroid dienone is 1. The van der Waals surface area contributed by atoms with Gasteiger partial charge in [-0.05, 0) is 54.9 Å². The number of rotatable bonds is 3. The van der Waals surface area contributed by atoms with Crippen molar-refractivity contribution in [3.05, 3.63) is 81.2 Å². The predicted octanol–water partition coefficient (Wildman–Crippen LogP) is 6.36. The summed E-state index contributed by atoms with van der Waals surface area (Å²) in [5, 5.41) is 1.08. The Morgan fingerprint density at radius 3 is 2.53 bits per heavy atom. The molecule has 30 heavy (non-hydrogen) atoms. The molecule has 0 radical (unpaired) electrons. The van der Waals surface area contributed by atoms with Crippen LogP contribution in [0.1, 0.15) is 62.3 Å². The summed E-state index contributed by atoms with van der Waals surface area (Å²) in [5.74, 6) is 0. The van der Waals surface area contributed by atoms with Crippen LogP contribution >= 0.6 is 0 Å². The van der Waals surface area contributed by atoms with Crippen molar-refractivity contribution in [3.63, 3.8) is 0 Å². The highest BCUT2D eigenvalue weighted by molar-refractivity contribution is 5.99. The van der Waals surface area contributed by atoms with Gasteiger partial charge >= 0.3 is 5.63 Å². The Bertz CT molecular complexity index is 1120. The lowest BCUT2D eigenvalue weighted by atomic mass is 9.87. The summed E-state index contributed by atoms with van der Waals surface area (Å²) in [4.78, 5) is 15.1. The van der Waals surface area contributed by atoms with Crippen molar-refractivity contribution in [1.82, 2.24) is 0 Å². The molecular formula is C27H31NO2. The van der Waals surface area contributed by atoms with Gasteiger partial charge in [-0.15, -0.1) is 0 Å². The number of anilines is 1. The first-order chi connectivity index (χ1) is 14.8. The van der Waals surface area contributed by atoms with Crippen molar-refractivity contribution < 1.29 is 4.42 Å². The second kappa shape index (κ2) is 8.91. The Kier molecular flexibility index (Phi) is 6.08. The summed E-state index contributed by atoms with van der Waals surface area (Å²) in [6, 6.07) is 14.3. The molecule has 3 heteroatoms. The highest BCUT2D eigenvalue weighted by Gasteiger charge is 2.28. The second-order valence-corrected chi connectivity index (χ2v) is 7.80. The van der Waals surface area contributed by atoms with E-state index < -0.39 is 0 Å². The van der Waals surface area contributed by atoms with Crippen LogP contribution in [0.25, 0.3) is 16.5 Å². The van der Waals surface area contributed by atoms with E-state index in [4.69, 9.17) is 4.42 Å². The highest BCUT2D eigenvalue weighted by atomic mass is 16.4. The summed E-state index contributed by atoms with van der Waals surface area (Å²) in [5.41, 5.74) is 7.79. The van der Waals surface area contributed by atoms with Gasteiger partial charge in [0.2, 0.25) is 0 Å². The van der Waals surface area contributed by atoms with Gasteiger partial charge in [0.15, 0.2) is 0 Å². The molecule has 0 atom stereocenters. The molecule has 0 saturated heterocycles. The Morgan fingerprint density at radius 2 is 1.80 bits per heavy atom. The zero-order valence-corrected chi connectivity index (χ0v) is 18.3. The molecule has 0 amide bonds. The fraction of sp³-hybridized carbons (Fsp3) is 0.370. The molecule has 0 N–H and O–H groups in total. The molecule has 0 fully saturated rings. The maximum atomic E-state index is 12.6. The van der Waals surface area contributed by atoms with Crippen molar-refractivity contribution in [3.8, 4) is 0 Å². The summed E-state index contributed by atoms with van der Waals surface area (Å²) in [6.07, 6.45) is 7.54. The number of hydrogen-bond donors (Lipinski definition) is 0. The van der Waals surface area contributed by atoms with Gasteiger partial charge in [0.1, 0.15) is 5.58 Å². The van der Waals surface area contributed by atoms with Crippen molar-refractivity contribution in [2.45, 2.75) is 52.9 Å². The molecular weight excluding hydrogens is 370 g/mol. The van der Waals surface area contributed by atoms with Gasteiger partial charge < -0.3 is 9.32 Å². The van der Waals surface area contributed by atoms with Gasteiger partial charge in [-0.1, -0.05) is 57.2 Å². The molecule has 0 bridgehead atoms. The molecule has 0 spiro atoms. The standard InChI is InChI=1S/C25H25NO2.C2H6/c1-2-8-19(17-9-4-3-5-10-17)21-16-23(27)28-25-20-12-7-14-26-13-6-11-18(24(20)26)15-22(21)25;1-2/h3-5,8-10,15-16H,2,6-7,11-14H2,1H3;1-2H3/b19-8+;. The number of nitrogens with zero attached hydrogens (tertiary/aromatic N) is 1. The van der Waals surface area contributed by atoms with Gasteiger partial charge in [-0.2, -0.15) is 0 Å². The number of aryl methyl sites for hydroxylation is 2. The van der Waals surface area contributed by atoms with Crippen LogP contribution in [-0.2, 0) is 12.8 Å². The third-order valence-corrected chi connectivity index (χ3v) is 6.01. The molecule has 5 rings (SSSR count). The fourth-order valence-electron chi connectivity index (χ4n) is 4.90. The predicted molar refractivity (Wildman–Crippen MR) is 126 cm³/mol. The molecule has 0 aliphatic carbocycles. The fourth-order valence-corrected chi connectivity index (χ4v) is 4.90. The van der Waals surface area contributed by atoms with Crippen molar-refractivity contribution in [2.75, 3.05) is 18.0 Å². The molecule has 3 nitrogen and oxygen atoms in total. The van der Waals surface area contributed by atoms with Crippen molar-refractivity contribution in [2.24, 2.45) is 0 Å². The highest BCUT2D eigenvalue weighted by Crippen LogP contribution is 2.41. The molecule has 2 aliphatic rings. The summed E-state index contributed by atoms with van der Waals surface area (Å²) < 4.78 is 5.83. The zero-order chi connectivity index (χ0) is 21.1. The third kappa shape index (κ3) is 3.58. The molecule has 156 valence electrons. The van der Waals surface area contributed by atoms with Crippen LogP contribution < -0.4 is 10.5 Å². The quantitative estimate of drug-likeness (QED) is 0.479. The molecule has 0 unspecified atom stereocenters. The van der Waals surface area contributed by atoms with E-state index >= 15 is 0 Å². The third-order valence-electron chi connectivity index (χ3n) is 6.01. The summed E-state index contributed by atoms with van der Waals surface area (Å²) >= 11 is 0. The maximum absolute atomic E-state index is 12.6. The topological polar surface area (TPSA) is 33.5 Å². The lowest BCUT2D eigenvalue weighted by Crippen LogP contribution is -2.34. The largest absolute Gasteiger partial charge is 0.422 e. The lowest BCUT2D eigenvalue weighted by molar-refractivity contribution is 0.549. The van der Waals surface area contributed by atoms with Crippen LogP contribution in [0, 0.1) is 0 Å². The molecule has 3 heterocycles. The molecule has 1 aromatic heterocycles. The first-order valence-electron chi connectivity index (χ1n) is 11.4. The van der Waals surface area contributed by atoms with E-state index in [1.54, 1.807) is 6.07 Å². The van der Waals surface area contributed by atoms with Gasteiger partial charge in [0, 0.05) is 41.4 Å². The minimum absolute atomic E-state index is 0.260. The van der Waals surface area contributed by atoms with Crippen LogP contribution in [0.3, 0.4) is 0 Å². The minimum atomic E-state index is -0.260. The lowest BCUT2D eigenvalue weighted by Gasteiger charge is -2.37. The minimum Gasteiger partial charge on any atom is -0.422 e. The van der Waals surface area contributed by atoms with E-state index in [0.717, 1.165) is 66.4 Å². The van der Waals surface area contributed by atoms with Gasteiger partial charge in [0.05, 0.1) is 0 Å². The van der Waals surface area contributed by atoms with Crippen LogP contribution in [0.15, 0.2) is 57.8 Å². The van der Waals surface area contributed by atoms with E-state index in [1.807, 2.05) is 19.9 Å². The van der Waals surface area contributed by atoms with Gasteiger partial charge in [-0.25, -0.2) is 4.79 Å². The van der Waals surface area contributed by atoms with Gasteiger partial charge in [0.25, 0.3) is 0 Å². The molecule has 0 saturated carbocycles. The Balaban J connectivity index is 0.00000106. The number of fused-ring (bicyclic) bond motifs is 2. The van der Waals surface area contributed by atoms with E-state index in [1.165, 1.54) is 23.2 Å². The van der Waals surface area contributed by atoms with Gasteiger partial charge in [-0.3, -0.25) is 0 Å².